The minimum absolute atomic E-state index is 0. The van der Waals surface area contributed by atoms with Gasteiger partial charge in [-0.1, -0.05) is 363 Å². The highest BCUT2D eigenvalue weighted by Gasteiger charge is 2.27. The van der Waals surface area contributed by atoms with Crippen molar-refractivity contribution in [2.24, 2.45) is 43.8 Å². The van der Waals surface area contributed by atoms with E-state index in [1.54, 1.807) is 13.0 Å². The summed E-state index contributed by atoms with van der Waals surface area (Å²) in [6.07, 6.45) is 11.7. The number of hydrogen-bond donors (Lipinski definition) is 0. The standard InChI is InChI=1S/C14H21Cl.C14H21F.2C14H22.2C13H20.C8H16.CH4/c1-10-6-7-12(13(15)8-10)11(2)9-14(3,4)5;1-10-6-7-12(8-13(10)15)11(2)9-14(3,4)5;2*1-11-6-8-13(9-7-11)12(2)10-14(3,4)5;2*1-11(10-13(2,3)4)12-8-6-5-7-9-12;1-8(2,3)6-7-4-5-7;/h2*6-8,11H,9H2,1-5H3;2*6-9,12H,10H2,1-5H3;2*5-9,11H,10H2,1-4H3;7H,4-6H2,1-3H3;1H4/t2*11-;2*12-;2*11-;;/m111111../s1. The molecule has 6 atom stereocenters. The van der Waals surface area contributed by atoms with Crippen molar-refractivity contribution < 1.29 is 4.39 Å². The normalized spacial score (nSPS) is 14.5. The predicted octanol–water partition coefficient (Wildman–Crippen LogP) is 30.9. The molecule has 524 valence electrons. The van der Waals surface area contributed by atoms with E-state index < -0.39 is 0 Å². The van der Waals surface area contributed by atoms with Crippen LogP contribution in [0, 0.1) is 77.3 Å². The third kappa shape index (κ3) is 44.8. The van der Waals surface area contributed by atoms with Crippen LogP contribution in [0.15, 0.2) is 146 Å². The van der Waals surface area contributed by atoms with Crippen LogP contribution in [0.4, 0.5) is 4.39 Å². The summed E-state index contributed by atoms with van der Waals surface area (Å²) >= 11 is 6.25. The Morgan fingerprint density at radius 3 is 0.860 bits per heavy atom. The van der Waals surface area contributed by atoms with Crippen LogP contribution in [0.1, 0.15) is 343 Å². The lowest BCUT2D eigenvalue weighted by Crippen LogP contribution is -2.10. The molecule has 0 radical (unpaired) electrons. The Hall–Kier alpha value is -4.46. The fourth-order valence-electron chi connectivity index (χ4n) is 12.7. The third-order valence-corrected chi connectivity index (χ3v) is 16.9. The summed E-state index contributed by atoms with van der Waals surface area (Å²) in [6, 6.07) is 51.3. The van der Waals surface area contributed by atoms with Gasteiger partial charge in [0.15, 0.2) is 0 Å². The van der Waals surface area contributed by atoms with E-state index in [2.05, 4.69) is 335 Å². The summed E-state index contributed by atoms with van der Waals surface area (Å²) < 4.78 is 13.4. The van der Waals surface area contributed by atoms with E-state index in [0.717, 1.165) is 34.9 Å². The first-order valence-electron chi connectivity index (χ1n) is 35.7. The maximum absolute atomic E-state index is 13.4. The van der Waals surface area contributed by atoms with Crippen LogP contribution in [-0.2, 0) is 0 Å². The van der Waals surface area contributed by atoms with E-state index in [0.29, 0.717) is 73.4 Å². The van der Waals surface area contributed by atoms with Crippen molar-refractivity contribution in [3.63, 3.8) is 0 Å². The van der Waals surface area contributed by atoms with Crippen molar-refractivity contribution in [2.75, 3.05) is 0 Å². The van der Waals surface area contributed by atoms with Gasteiger partial charge in [0.05, 0.1) is 0 Å². The van der Waals surface area contributed by atoms with Crippen molar-refractivity contribution >= 4 is 11.6 Å². The third-order valence-electron chi connectivity index (χ3n) is 16.6. The molecule has 0 spiro atoms. The molecule has 0 unspecified atom stereocenters. The smallest absolute Gasteiger partial charge is 0.126 e. The first-order valence-corrected chi connectivity index (χ1v) is 36.0. The summed E-state index contributed by atoms with van der Waals surface area (Å²) in [5, 5.41) is 0.909. The maximum Gasteiger partial charge on any atom is 0.126 e. The second-order valence-electron chi connectivity index (χ2n) is 36.9. The molecule has 7 rings (SSSR count). The fraction of sp³-hybridized carbons (Fsp3) is 0.604. The Labute approximate surface area is 583 Å². The molecule has 0 heterocycles. The molecule has 0 bridgehead atoms. The Morgan fingerprint density at radius 1 is 0.333 bits per heavy atom. The van der Waals surface area contributed by atoms with Gasteiger partial charge in [-0.2, -0.15) is 0 Å². The fourth-order valence-corrected chi connectivity index (χ4v) is 13.1. The van der Waals surface area contributed by atoms with Crippen molar-refractivity contribution in [2.45, 2.75) is 315 Å². The first kappa shape index (κ1) is 88.5. The Kier molecular flexibility index (Phi) is 38.4. The zero-order chi connectivity index (χ0) is 70.8. The summed E-state index contributed by atoms with van der Waals surface area (Å²) in [7, 11) is 0. The topological polar surface area (TPSA) is 0 Å². The Bertz CT molecular complexity index is 2770. The average molecular weight is 1290 g/mol. The molecule has 1 aliphatic carbocycles. The molecule has 0 amide bonds. The molecular weight excluding hydrogens is 1150 g/mol. The van der Waals surface area contributed by atoms with Crippen LogP contribution in [-0.4, -0.2) is 0 Å². The highest BCUT2D eigenvalue weighted by Crippen LogP contribution is 2.40. The van der Waals surface area contributed by atoms with Gasteiger partial charge in [-0.15, -0.1) is 0 Å². The van der Waals surface area contributed by atoms with Gasteiger partial charge in [-0.3, -0.25) is 0 Å². The van der Waals surface area contributed by atoms with Crippen molar-refractivity contribution in [3.8, 4) is 0 Å². The molecule has 6 aromatic rings. The van der Waals surface area contributed by atoms with E-state index in [-0.39, 0.29) is 13.2 Å². The Balaban J connectivity index is 0.00000107. The molecule has 1 saturated carbocycles. The van der Waals surface area contributed by atoms with E-state index in [1.165, 1.54) is 89.5 Å². The van der Waals surface area contributed by atoms with Gasteiger partial charge in [0.2, 0.25) is 0 Å². The zero-order valence-corrected chi connectivity index (χ0v) is 66.3. The second kappa shape index (κ2) is 40.3. The molecule has 0 N–H and O–H groups in total. The number of benzene rings is 6. The molecule has 0 saturated heterocycles. The van der Waals surface area contributed by atoms with Crippen molar-refractivity contribution in [3.05, 3.63) is 212 Å². The highest BCUT2D eigenvalue weighted by molar-refractivity contribution is 6.31. The molecule has 93 heavy (non-hydrogen) atoms. The van der Waals surface area contributed by atoms with E-state index >= 15 is 0 Å². The van der Waals surface area contributed by atoms with Gasteiger partial charge in [0.25, 0.3) is 0 Å². The lowest BCUT2D eigenvalue weighted by molar-refractivity contribution is 0.348. The quantitative estimate of drug-likeness (QED) is 0.108. The summed E-state index contributed by atoms with van der Waals surface area (Å²) in [5.41, 5.74) is 15.8. The summed E-state index contributed by atoms with van der Waals surface area (Å²) in [4.78, 5) is 0. The van der Waals surface area contributed by atoms with Crippen LogP contribution < -0.4 is 0 Å². The minimum atomic E-state index is -0.0896. The molecule has 2 heteroatoms. The van der Waals surface area contributed by atoms with Crippen molar-refractivity contribution in [1.29, 1.82) is 0 Å². The number of halogens is 2. The van der Waals surface area contributed by atoms with Gasteiger partial charge in [0.1, 0.15) is 5.82 Å². The second-order valence-corrected chi connectivity index (χ2v) is 37.3. The van der Waals surface area contributed by atoms with Gasteiger partial charge >= 0.3 is 0 Å². The van der Waals surface area contributed by atoms with Gasteiger partial charge in [0, 0.05) is 5.02 Å². The minimum Gasteiger partial charge on any atom is -0.207 e. The highest BCUT2D eigenvalue weighted by atomic mass is 35.5. The van der Waals surface area contributed by atoms with E-state index in [9.17, 15) is 4.39 Å². The lowest BCUT2D eigenvalue weighted by atomic mass is 9.82. The van der Waals surface area contributed by atoms with E-state index in [4.69, 9.17) is 11.6 Å². The van der Waals surface area contributed by atoms with Crippen LogP contribution in [0.2, 0.25) is 5.02 Å². The molecule has 0 aromatic heterocycles. The van der Waals surface area contributed by atoms with Crippen LogP contribution in [0.3, 0.4) is 0 Å². The number of hydrogen-bond acceptors (Lipinski definition) is 0. The first-order chi connectivity index (χ1) is 41.9. The Morgan fingerprint density at radius 2 is 0.602 bits per heavy atom. The maximum atomic E-state index is 13.4. The van der Waals surface area contributed by atoms with Gasteiger partial charge in [-0.25, -0.2) is 4.39 Å². The number of rotatable bonds is 13. The monoisotopic (exact) mass is 1290 g/mol. The van der Waals surface area contributed by atoms with Crippen LogP contribution >= 0.6 is 11.6 Å². The van der Waals surface area contributed by atoms with Crippen LogP contribution in [0.25, 0.3) is 0 Å². The lowest BCUT2D eigenvalue weighted by Gasteiger charge is -2.24. The summed E-state index contributed by atoms with van der Waals surface area (Å²) in [6.45, 7) is 69.8. The SMILES string of the molecule is C.CC(C)(C)CC1CC1.C[C@H](CC(C)(C)C)c1ccccc1.C[C@H](CC(C)(C)C)c1ccccc1.Cc1ccc([C@H](C)CC(C)(C)C)c(Cl)c1.Cc1ccc([C@H](C)CC(C)(C)C)cc1.Cc1ccc([C@H](C)CC(C)(C)C)cc1.Cc1ccc([C@H](C)CC(C)(C)C)cc1F. The molecular formula is C91H146ClF. The van der Waals surface area contributed by atoms with E-state index in [1.807, 2.05) is 12.1 Å². The summed E-state index contributed by atoms with van der Waals surface area (Å²) in [5.74, 6) is 4.61. The molecule has 1 aliphatic rings. The molecule has 6 aromatic carbocycles. The predicted molar refractivity (Wildman–Crippen MR) is 421 cm³/mol. The number of aryl methyl sites for hydroxylation is 4. The molecule has 0 nitrogen and oxygen atoms in total. The largest absolute Gasteiger partial charge is 0.207 e. The van der Waals surface area contributed by atoms with Gasteiger partial charge in [-0.05, 0) is 209 Å². The molecule has 1 fully saturated rings. The van der Waals surface area contributed by atoms with Crippen LogP contribution in [0.5, 0.6) is 0 Å². The van der Waals surface area contributed by atoms with Crippen molar-refractivity contribution in [1.82, 2.24) is 0 Å². The average Bonchev–Trinajstić information content (AvgIpc) is 1.65. The zero-order valence-electron chi connectivity index (χ0n) is 65.5. The molecule has 0 aliphatic heterocycles. The van der Waals surface area contributed by atoms with Gasteiger partial charge < -0.3 is 0 Å².